The van der Waals surface area contributed by atoms with Gasteiger partial charge in [0.05, 0.1) is 12.9 Å². The van der Waals surface area contributed by atoms with Crippen molar-refractivity contribution in [3.05, 3.63) is 38.4 Å². The minimum Gasteiger partial charge on any atom is -0.502 e. The minimum atomic E-state index is -0.819. The molecule has 1 aromatic rings. The minimum absolute atomic E-state index is 0. The Balaban J connectivity index is -0.000000221. The molecule has 1 aromatic heterocycles. The van der Waals surface area contributed by atoms with E-state index < -0.39 is 10.5 Å². The van der Waals surface area contributed by atoms with E-state index in [0.717, 1.165) is 0 Å². The Morgan fingerprint density at radius 1 is 1.53 bits per heavy atom. The van der Waals surface area contributed by atoms with Gasteiger partial charge in [-0.05, 0) is 13.8 Å². The van der Waals surface area contributed by atoms with Crippen molar-refractivity contribution in [2.24, 2.45) is 0 Å². The monoisotopic (exact) mass is 355 g/mol. The molecule has 0 aromatic carbocycles. The summed E-state index contributed by atoms with van der Waals surface area (Å²) in [6, 6.07) is 1.17. The van der Waals surface area contributed by atoms with Gasteiger partial charge < -0.3 is 14.4 Å². The van der Waals surface area contributed by atoms with E-state index in [1.54, 1.807) is 6.92 Å². The summed E-state index contributed by atoms with van der Waals surface area (Å²) in [5.41, 5.74) is -0.404. The number of rotatable bonds is 2. The van der Waals surface area contributed by atoms with Crippen molar-refractivity contribution in [1.29, 1.82) is 0 Å². The quantitative estimate of drug-likeness (QED) is 0.458. The molecule has 0 saturated carbocycles. The SMILES string of the molecule is CCO[N+](=O)[O-].Cc1occc(=O)c1O.[Ga+3].[Ga+3]. The van der Waals surface area contributed by atoms with Crippen molar-refractivity contribution < 1.29 is 19.4 Å². The predicted octanol–water partition coefficient (Wildman–Crippen LogP) is 0.107. The molecule has 0 atom stereocenters. The Labute approximate surface area is 123 Å². The van der Waals surface area contributed by atoms with E-state index in [1.165, 1.54) is 19.3 Å². The molecule has 0 amide bonds. The first-order chi connectivity index (χ1) is 6.99. The molecule has 9 heteroatoms. The third-order valence-corrected chi connectivity index (χ3v) is 1.27. The van der Waals surface area contributed by atoms with E-state index in [1.807, 2.05) is 0 Å². The summed E-state index contributed by atoms with van der Waals surface area (Å²) in [6.45, 7) is 3.21. The van der Waals surface area contributed by atoms with E-state index in [2.05, 4.69) is 9.25 Å². The van der Waals surface area contributed by atoms with Gasteiger partial charge in [0, 0.05) is 6.07 Å². The Kier molecular flexibility index (Phi) is 14.8. The van der Waals surface area contributed by atoms with Gasteiger partial charge in [-0.3, -0.25) is 4.79 Å². The molecular weight excluding hydrogens is 346 g/mol. The van der Waals surface area contributed by atoms with Crippen molar-refractivity contribution in [2.45, 2.75) is 13.8 Å². The third-order valence-electron chi connectivity index (χ3n) is 1.27. The maximum absolute atomic E-state index is 10.5. The molecule has 84 valence electrons. The molecule has 0 aliphatic rings. The van der Waals surface area contributed by atoms with Crippen LogP contribution in [0.5, 0.6) is 5.75 Å². The summed E-state index contributed by atoms with van der Waals surface area (Å²) in [5, 5.41) is 17.2. The Morgan fingerprint density at radius 3 is 2.29 bits per heavy atom. The molecule has 1 rings (SSSR count). The number of hydrogen-bond acceptors (Lipinski definition) is 6. The van der Waals surface area contributed by atoms with Crippen LogP contribution in [0, 0.1) is 17.0 Å². The molecule has 0 bridgehead atoms. The Bertz CT molecular complexity index is 381. The van der Waals surface area contributed by atoms with Crippen molar-refractivity contribution >= 4 is 39.6 Å². The van der Waals surface area contributed by atoms with Crippen LogP contribution < -0.4 is 5.43 Å². The summed E-state index contributed by atoms with van der Waals surface area (Å²) in [6.07, 6.45) is 1.25. The van der Waals surface area contributed by atoms with Gasteiger partial charge in [0.15, 0.2) is 0 Å². The van der Waals surface area contributed by atoms with Gasteiger partial charge in [-0.15, -0.1) is 10.1 Å². The number of aryl methyl sites for hydroxylation is 1. The Hall–Kier alpha value is -0.777. The first kappa shape index (κ1) is 21.5. The molecular formula is C8H11Ga2NO6+6. The van der Waals surface area contributed by atoms with E-state index in [9.17, 15) is 14.9 Å². The first-order valence-corrected chi connectivity index (χ1v) is 4.03. The summed E-state index contributed by atoms with van der Waals surface area (Å²) in [4.78, 5) is 23.5. The van der Waals surface area contributed by atoms with Gasteiger partial charge in [-0.2, -0.15) is 0 Å². The topological polar surface area (TPSA) is 103 Å². The zero-order chi connectivity index (χ0) is 11.8. The second-order valence-corrected chi connectivity index (χ2v) is 2.33. The van der Waals surface area contributed by atoms with Crippen LogP contribution in [0.1, 0.15) is 12.7 Å². The maximum Gasteiger partial charge on any atom is 3.00 e. The van der Waals surface area contributed by atoms with E-state index in [4.69, 9.17) is 5.11 Å². The van der Waals surface area contributed by atoms with Crippen molar-refractivity contribution in [1.82, 2.24) is 0 Å². The molecule has 1 N–H and O–H groups in total. The normalized spacial score (nSPS) is 7.65. The van der Waals surface area contributed by atoms with Gasteiger partial charge in [0.2, 0.25) is 11.2 Å². The second-order valence-electron chi connectivity index (χ2n) is 2.33. The zero-order valence-electron chi connectivity index (χ0n) is 9.45. The molecule has 17 heavy (non-hydrogen) atoms. The van der Waals surface area contributed by atoms with Gasteiger partial charge >= 0.3 is 39.6 Å². The van der Waals surface area contributed by atoms with E-state index >= 15 is 0 Å². The molecule has 7 nitrogen and oxygen atoms in total. The molecule has 0 fully saturated rings. The summed E-state index contributed by atoms with van der Waals surface area (Å²) in [5.74, 6) is -0.0556. The van der Waals surface area contributed by atoms with Crippen molar-refractivity contribution in [3.8, 4) is 5.75 Å². The molecule has 0 unspecified atom stereocenters. The molecule has 1 heterocycles. The molecule has 0 aliphatic carbocycles. The van der Waals surface area contributed by atoms with Gasteiger partial charge in [-0.25, -0.2) is 0 Å². The first-order valence-electron chi connectivity index (χ1n) is 4.03. The van der Waals surface area contributed by atoms with Crippen LogP contribution >= 0.6 is 0 Å². The van der Waals surface area contributed by atoms with Crippen LogP contribution in [0.25, 0.3) is 0 Å². The largest absolute Gasteiger partial charge is 3.00 e. The van der Waals surface area contributed by atoms with Crippen LogP contribution in [0.4, 0.5) is 0 Å². The van der Waals surface area contributed by atoms with Crippen LogP contribution in [-0.4, -0.2) is 56.4 Å². The smallest absolute Gasteiger partial charge is 0.502 e. The van der Waals surface area contributed by atoms with Crippen LogP contribution in [-0.2, 0) is 4.84 Å². The van der Waals surface area contributed by atoms with Gasteiger partial charge in [0.25, 0.3) is 5.09 Å². The fraction of sp³-hybridized carbons (Fsp3) is 0.375. The number of nitrogens with zero attached hydrogens (tertiary/aromatic N) is 1. The predicted molar refractivity (Wildman–Crippen MR) is 61.5 cm³/mol. The fourth-order valence-corrected chi connectivity index (χ4v) is 0.612. The maximum atomic E-state index is 10.5. The number of aromatic hydroxyl groups is 1. The van der Waals surface area contributed by atoms with Gasteiger partial charge in [-0.1, -0.05) is 0 Å². The average Bonchev–Trinajstić information content (AvgIpc) is 2.15. The second kappa shape index (κ2) is 11.7. The van der Waals surface area contributed by atoms with E-state index in [-0.39, 0.29) is 57.7 Å². The molecule has 0 radical (unpaired) electrons. The summed E-state index contributed by atoms with van der Waals surface area (Å²) in [7, 11) is 0. The Morgan fingerprint density at radius 2 is 2.06 bits per heavy atom. The average molecular weight is 357 g/mol. The molecule has 0 saturated heterocycles. The summed E-state index contributed by atoms with van der Waals surface area (Å²) >= 11 is 0. The van der Waals surface area contributed by atoms with E-state index in [0.29, 0.717) is 0 Å². The molecule has 0 spiro atoms. The van der Waals surface area contributed by atoms with Gasteiger partial charge in [0.1, 0.15) is 5.76 Å². The van der Waals surface area contributed by atoms with Crippen LogP contribution in [0.15, 0.2) is 21.5 Å². The van der Waals surface area contributed by atoms with Crippen molar-refractivity contribution in [2.75, 3.05) is 6.61 Å². The number of hydrogen-bond donors (Lipinski definition) is 1. The third kappa shape index (κ3) is 10.1. The standard InChI is InChI=1S/C6H6O3.C2H5NO3.2Ga/c1-4-6(8)5(7)2-3-9-4;1-2-6-3(4)5;;/h2-3,8H,1H3;2H2,1H3;;/q;;2*+3. The zero-order valence-corrected chi connectivity index (χ0v) is 14.3. The van der Waals surface area contributed by atoms with Crippen LogP contribution in [0.3, 0.4) is 0 Å². The van der Waals surface area contributed by atoms with Crippen LogP contribution in [0.2, 0.25) is 0 Å². The molecule has 0 aliphatic heterocycles. The fourth-order valence-electron chi connectivity index (χ4n) is 0.612. The summed E-state index contributed by atoms with van der Waals surface area (Å²) < 4.78 is 4.69. The van der Waals surface area contributed by atoms with Crippen molar-refractivity contribution in [3.63, 3.8) is 0 Å².